The van der Waals surface area contributed by atoms with Crippen LogP contribution in [-0.2, 0) is 14.9 Å². The molecule has 2 nitrogen and oxygen atoms in total. The van der Waals surface area contributed by atoms with E-state index in [0.29, 0.717) is 11.0 Å². The number of hydrogen-bond donors (Lipinski definition) is 0. The third-order valence-corrected chi connectivity index (χ3v) is 4.92. The van der Waals surface area contributed by atoms with Crippen LogP contribution in [0, 0.1) is 0 Å². The number of ether oxygens (including phenoxy) is 1. The number of carbonyl (C=O) groups is 1. The summed E-state index contributed by atoms with van der Waals surface area (Å²) in [5.74, 6) is -0.271. The topological polar surface area (TPSA) is 26.3 Å². The van der Waals surface area contributed by atoms with Crippen molar-refractivity contribution in [3.05, 3.63) is 47.5 Å². The summed E-state index contributed by atoms with van der Waals surface area (Å²) < 4.78 is 5.64. The maximum atomic E-state index is 11.8. The molecule has 0 N–H and O–H groups in total. The van der Waals surface area contributed by atoms with Crippen LogP contribution in [0.15, 0.2) is 36.4 Å². The summed E-state index contributed by atoms with van der Waals surface area (Å²) in [7, 11) is 0. The van der Waals surface area contributed by atoms with Crippen molar-refractivity contribution < 1.29 is 9.53 Å². The van der Waals surface area contributed by atoms with Gasteiger partial charge in [-0.25, -0.2) is 4.79 Å². The van der Waals surface area contributed by atoms with Crippen molar-refractivity contribution in [3.63, 3.8) is 0 Å². The minimum absolute atomic E-state index is 0.0957. The van der Waals surface area contributed by atoms with Gasteiger partial charge in [0.25, 0.3) is 0 Å². The lowest BCUT2D eigenvalue weighted by Crippen LogP contribution is -2.31. The van der Waals surface area contributed by atoms with E-state index in [1.54, 1.807) is 6.92 Å². The van der Waals surface area contributed by atoms with Gasteiger partial charge in [0.1, 0.15) is 6.10 Å². The molecule has 1 aromatic rings. The van der Waals surface area contributed by atoms with Crippen molar-refractivity contribution in [3.8, 4) is 0 Å². The van der Waals surface area contributed by atoms with Gasteiger partial charge in [0, 0.05) is 5.57 Å². The molecule has 3 rings (SSSR count). The second-order valence-electron chi connectivity index (χ2n) is 6.29. The Balaban J connectivity index is 1.93. The van der Waals surface area contributed by atoms with Crippen molar-refractivity contribution in [1.29, 1.82) is 0 Å². The second kappa shape index (κ2) is 5.08. The first-order valence-electron chi connectivity index (χ1n) is 7.58. The van der Waals surface area contributed by atoms with E-state index < -0.39 is 0 Å². The Morgan fingerprint density at radius 2 is 1.95 bits per heavy atom. The molecular formula is C18H22O2. The smallest absolute Gasteiger partial charge is 0.333 e. The van der Waals surface area contributed by atoms with Crippen LogP contribution < -0.4 is 0 Å². The minimum atomic E-state index is -0.271. The molecule has 2 aliphatic carbocycles. The van der Waals surface area contributed by atoms with Crippen molar-refractivity contribution in [2.45, 2.75) is 57.0 Å². The number of benzene rings is 1. The van der Waals surface area contributed by atoms with Gasteiger partial charge in [-0.3, -0.25) is 0 Å². The van der Waals surface area contributed by atoms with E-state index in [2.05, 4.69) is 30.8 Å². The normalized spacial score (nSPS) is 23.4. The highest BCUT2D eigenvalue weighted by molar-refractivity contribution is 5.87. The van der Waals surface area contributed by atoms with Crippen molar-refractivity contribution in [2.24, 2.45) is 0 Å². The first-order chi connectivity index (χ1) is 9.62. The number of rotatable bonds is 2. The molecular weight excluding hydrogens is 248 g/mol. The summed E-state index contributed by atoms with van der Waals surface area (Å²) in [4.78, 5) is 11.8. The zero-order valence-corrected chi connectivity index (χ0v) is 12.2. The van der Waals surface area contributed by atoms with Crippen LogP contribution >= 0.6 is 0 Å². The Bertz CT molecular complexity index is 538. The molecule has 2 heteroatoms. The summed E-state index contributed by atoms with van der Waals surface area (Å²) >= 11 is 0. The van der Waals surface area contributed by atoms with Gasteiger partial charge in [-0.15, -0.1) is 0 Å². The van der Waals surface area contributed by atoms with Crippen LogP contribution in [0.25, 0.3) is 0 Å². The molecule has 1 atom stereocenters. The molecule has 0 heterocycles. The number of hydrogen-bond acceptors (Lipinski definition) is 2. The molecule has 1 spiro atoms. The first kappa shape index (κ1) is 13.4. The highest BCUT2D eigenvalue weighted by Gasteiger charge is 2.42. The largest absolute Gasteiger partial charge is 0.454 e. The molecule has 20 heavy (non-hydrogen) atoms. The maximum Gasteiger partial charge on any atom is 0.333 e. The monoisotopic (exact) mass is 270 g/mol. The molecule has 106 valence electrons. The fourth-order valence-electron chi connectivity index (χ4n) is 3.88. The Kier molecular flexibility index (Phi) is 3.41. The summed E-state index contributed by atoms with van der Waals surface area (Å²) in [5, 5.41) is 0. The Hall–Kier alpha value is -1.57. The van der Waals surface area contributed by atoms with E-state index in [1.165, 1.54) is 36.8 Å². The quantitative estimate of drug-likeness (QED) is 0.586. The average molecular weight is 270 g/mol. The van der Waals surface area contributed by atoms with E-state index >= 15 is 0 Å². The Morgan fingerprint density at radius 3 is 2.65 bits per heavy atom. The summed E-state index contributed by atoms with van der Waals surface area (Å²) in [6, 6.07) is 8.53. The van der Waals surface area contributed by atoms with Crippen molar-refractivity contribution in [2.75, 3.05) is 0 Å². The second-order valence-corrected chi connectivity index (χ2v) is 6.29. The van der Waals surface area contributed by atoms with Gasteiger partial charge in [-0.2, -0.15) is 0 Å². The van der Waals surface area contributed by atoms with Gasteiger partial charge in [0.2, 0.25) is 0 Å². The molecule has 1 aromatic carbocycles. The van der Waals surface area contributed by atoms with E-state index in [1.807, 2.05) is 0 Å². The SMILES string of the molecule is C=C(C)C(=O)OC1CCC2(CCCC2)c2ccccc21. The molecule has 0 aliphatic heterocycles. The van der Waals surface area contributed by atoms with Crippen LogP contribution in [0.3, 0.4) is 0 Å². The lowest BCUT2D eigenvalue weighted by atomic mass is 9.68. The van der Waals surface area contributed by atoms with Gasteiger partial charge in [-0.05, 0) is 49.1 Å². The van der Waals surface area contributed by atoms with E-state index in [-0.39, 0.29) is 12.1 Å². The molecule has 0 radical (unpaired) electrons. The van der Waals surface area contributed by atoms with E-state index in [9.17, 15) is 4.79 Å². The Morgan fingerprint density at radius 1 is 1.25 bits per heavy atom. The summed E-state index contributed by atoms with van der Waals surface area (Å²) in [5.41, 5.74) is 3.46. The van der Waals surface area contributed by atoms with Crippen LogP contribution in [-0.4, -0.2) is 5.97 Å². The van der Waals surface area contributed by atoms with Crippen molar-refractivity contribution in [1.82, 2.24) is 0 Å². The predicted octanol–water partition coefficient (Wildman–Crippen LogP) is 4.45. The fourth-order valence-corrected chi connectivity index (χ4v) is 3.88. The standard InChI is InChI=1S/C18H22O2/c1-13(2)17(19)20-16-9-12-18(10-5-6-11-18)15-8-4-3-7-14(15)16/h3-4,7-8,16H,1,5-6,9-12H2,2H3. The number of esters is 1. The van der Waals surface area contributed by atoms with Gasteiger partial charge in [0.15, 0.2) is 0 Å². The van der Waals surface area contributed by atoms with E-state index in [4.69, 9.17) is 4.74 Å². The first-order valence-corrected chi connectivity index (χ1v) is 7.58. The average Bonchev–Trinajstić information content (AvgIpc) is 2.92. The van der Waals surface area contributed by atoms with Crippen LogP contribution in [0.2, 0.25) is 0 Å². The minimum Gasteiger partial charge on any atom is -0.454 e. The number of carbonyl (C=O) groups excluding carboxylic acids is 1. The molecule has 1 fully saturated rings. The third kappa shape index (κ3) is 2.17. The highest BCUT2D eigenvalue weighted by atomic mass is 16.5. The molecule has 0 saturated heterocycles. The summed E-state index contributed by atoms with van der Waals surface area (Å²) in [6.45, 7) is 5.38. The van der Waals surface area contributed by atoms with Gasteiger partial charge < -0.3 is 4.74 Å². The summed E-state index contributed by atoms with van der Waals surface area (Å²) in [6.07, 6.45) is 7.20. The molecule has 0 bridgehead atoms. The van der Waals surface area contributed by atoms with Gasteiger partial charge >= 0.3 is 5.97 Å². The van der Waals surface area contributed by atoms with Crippen LogP contribution in [0.1, 0.15) is 62.7 Å². The molecule has 1 unspecified atom stereocenters. The molecule has 1 saturated carbocycles. The number of fused-ring (bicyclic) bond motifs is 2. The van der Waals surface area contributed by atoms with Crippen LogP contribution in [0.4, 0.5) is 0 Å². The lowest BCUT2D eigenvalue weighted by Gasteiger charge is -2.39. The predicted molar refractivity (Wildman–Crippen MR) is 79.5 cm³/mol. The van der Waals surface area contributed by atoms with Crippen molar-refractivity contribution >= 4 is 5.97 Å². The third-order valence-electron chi connectivity index (χ3n) is 4.92. The van der Waals surface area contributed by atoms with Crippen LogP contribution in [0.5, 0.6) is 0 Å². The fraction of sp³-hybridized carbons (Fsp3) is 0.500. The molecule has 2 aliphatic rings. The zero-order chi connectivity index (χ0) is 14.2. The molecule has 0 amide bonds. The Labute approximate surface area is 120 Å². The molecule has 0 aromatic heterocycles. The maximum absolute atomic E-state index is 11.8. The van der Waals surface area contributed by atoms with Gasteiger partial charge in [0.05, 0.1) is 0 Å². The van der Waals surface area contributed by atoms with E-state index in [0.717, 1.165) is 12.8 Å². The highest BCUT2D eigenvalue weighted by Crippen LogP contribution is 2.51. The zero-order valence-electron chi connectivity index (χ0n) is 12.2. The van der Waals surface area contributed by atoms with Gasteiger partial charge in [-0.1, -0.05) is 43.7 Å². The lowest BCUT2D eigenvalue weighted by molar-refractivity contribution is -0.145.